The fraction of sp³-hybridized carbons (Fsp3) is 0.672. The number of phosphoric acid groups is 2. The number of ether oxygens (including phenoxy) is 13. The van der Waals surface area contributed by atoms with Gasteiger partial charge in [-0.2, -0.15) is 4.98 Å². The molecular weight excluding hydrogens is 1710 g/mol. The molecule has 9 unspecified atom stereocenters. The molecule has 0 amide bonds. The Hall–Kier alpha value is -6.21. The molecule has 26 atom stereocenters. The van der Waals surface area contributed by atoms with Gasteiger partial charge in [0.1, 0.15) is 108 Å². The minimum absolute atomic E-state index is 0.00570. The monoisotopic (exact) mass is 1800 g/mol. The van der Waals surface area contributed by atoms with E-state index in [1.165, 1.54) is 72.3 Å². The number of H-pyrrole nitrogens is 3. The number of hydrogen-bond donors (Lipinski definition) is 10. The van der Waals surface area contributed by atoms with Crippen molar-refractivity contribution in [2.45, 2.75) is 189 Å². The summed E-state index contributed by atoms with van der Waals surface area (Å²) in [5.41, 5.74) is 2.83. The highest BCUT2D eigenvalue weighted by Crippen LogP contribution is 2.62. The largest absolute Gasteiger partial charge is 0.472 e. The number of fused-ring (bicyclic) bond motifs is 5. The predicted octanol–water partition coefficient (Wildman–Crippen LogP) is -1.96. The van der Waals surface area contributed by atoms with E-state index in [0.29, 0.717) is 5.56 Å². The minimum Gasteiger partial charge on any atom is -0.387 e. The Bertz CT molecular complexity index is 5370. The average molecular weight is 1800 g/mol. The van der Waals surface area contributed by atoms with Gasteiger partial charge in [-0.3, -0.25) is 79.3 Å². The van der Waals surface area contributed by atoms with Gasteiger partial charge in [0.25, 0.3) is 16.7 Å². The van der Waals surface area contributed by atoms with Crippen molar-refractivity contribution in [3.8, 4) is 0 Å². The lowest BCUT2D eigenvalue weighted by molar-refractivity contribution is -0.215. The smallest absolute Gasteiger partial charge is 0.387 e. The molecule has 0 aliphatic carbocycles. The number of aromatic nitrogens is 12. The van der Waals surface area contributed by atoms with Crippen molar-refractivity contribution in [3.63, 3.8) is 0 Å². The first-order valence-electron chi connectivity index (χ1n) is 36.8. The van der Waals surface area contributed by atoms with Crippen molar-refractivity contribution in [1.29, 1.82) is 0 Å². The van der Waals surface area contributed by atoms with Gasteiger partial charge in [-0.15, -0.1) is 0 Å². The molecule has 7 saturated heterocycles. The zero-order valence-electron chi connectivity index (χ0n) is 65.1. The first-order valence-corrected chi connectivity index (χ1v) is 45.0. The number of methoxy groups -OCH3 is 3. The third kappa shape index (κ3) is 18.5. The second kappa shape index (κ2) is 36.2. The Kier molecular flexibility index (Phi) is 27.5. The molecule has 4 bridgehead atoms. The number of imidazole rings is 1. The van der Waals surface area contributed by atoms with Gasteiger partial charge in [0.2, 0.25) is 0 Å². The first kappa shape index (κ1) is 90.5. The maximum Gasteiger partial charge on any atom is 0.472 e. The Morgan fingerprint density at radius 1 is 0.504 bits per heavy atom. The van der Waals surface area contributed by atoms with Crippen molar-refractivity contribution < 1.29 is 132 Å². The van der Waals surface area contributed by atoms with Crippen molar-refractivity contribution in [1.82, 2.24) is 57.7 Å². The van der Waals surface area contributed by atoms with Crippen LogP contribution in [0.1, 0.15) is 80.6 Å². The molecule has 6 aromatic rings. The molecule has 658 valence electrons. The van der Waals surface area contributed by atoms with Gasteiger partial charge in [0, 0.05) is 68.4 Å². The number of aromatic amines is 3. The van der Waals surface area contributed by atoms with Crippen LogP contribution in [-0.4, -0.2) is 273 Å². The highest BCUT2D eigenvalue weighted by Gasteiger charge is 2.70. The molecule has 0 aromatic carbocycles. The van der Waals surface area contributed by atoms with E-state index in [1.807, 2.05) is 0 Å². The number of nitrogen functional groups attached to an aromatic ring is 2. The van der Waals surface area contributed by atoms with Crippen LogP contribution in [0.5, 0.6) is 0 Å². The molecule has 0 radical (unpaired) electrons. The van der Waals surface area contributed by atoms with Crippen LogP contribution in [-0.2, 0) is 131 Å². The molecule has 7 aliphatic rings. The Labute approximate surface area is 682 Å². The highest BCUT2D eigenvalue weighted by atomic mass is 32.5. The van der Waals surface area contributed by atoms with Gasteiger partial charge in [-0.25, -0.2) is 43.3 Å². The zero-order valence-corrected chi connectivity index (χ0v) is 70.3. The summed E-state index contributed by atoms with van der Waals surface area (Å²) >= 11 is 11.4. The van der Waals surface area contributed by atoms with Gasteiger partial charge in [0.15, 0.2) is 42.6 Å². The third-order valence-electron chi connectivity index (χ3n) is 21.2. The van der Waals surface area contributed by atoms with E-state index < -0.39 is 229 Å². The molecule has 0 spiro atoms. The molecule has 7 fully saturated rings. The molecule has 6 aromatic heterocycles. The van der Waals surface area contributed by atoms with E-state index in [0.717, 1.165) is 37.0 Å². The molecule has 119 heavy (non-hydrogen) atoms. The maximum atomic E-state index is 15.2. The van der Waals surface area contributed by atoms with E-state index >= 15 is 4.57 Å². The van der Waals surface area contributed by atoms with Gasteiger partial charge >= 0.3 is 51.8 Å². The van der Waals surface area contributed by atoms with Crippen LogP contribution < -0.4 is 50.9 Å². The van der Waals surface area contributed by atoms with Crippen molar-refractivity contribution in [2.24, 2.45) is 0 Å². The Morgan fingerprint density at radius 2 is 0.941 bits per heavy atom. The van der Waals surface area contributed by atoms with E-state index in [2.05, 4.69) is 34.9 Å². The SMILES string of the molecule is CC[C@]12O[C@@H](n3cc(C)c(=O)[nH]c3=O)[C@@H](O[C@H]1C)C2OP(=O)(O)OC[C@H]1O[C@@H](n2cc(C)c(=O)[nH]c2=O)[C@@H](OCCOC)C1OP(=O)(O)OC[C@]12O[C@@H](n3cnc4c(N)ncnc43)[C@@H](O[C@H]1C)C2OP(O)(=S)OC[C@H]1O[C@@H](n2cc(C)c(=O)[nH]c2=O)[C@@H](OCCOC)C1OP(O)(=S)OC[C@H]1O[C@@H](n2cc(C)c(N)nc2=O)[C@@H](OCCOC)C1O. The van der Waals surface area contributed by atoms with Crippen LogP contribution in [0.4, 0.5) is 11.6 Å². The molecule has 13 rings (SSSR count). The summed E-state index contributed by atoms with van der Waals surface area (Å²) in [7, 11) is -7.19. The van der Waals surface area contributed by atoms with Crippen LogP contribution in [0.2, 0.25) is 0 Å². The number of phosphoric ester groups is 2. The van der Waals surface area contributed by atoms with E-state index in [-0.39, 0.29) is 85.6 Å². The quantitative estimate of drug-likeness (QED) is 0.0149. The topological polar surface area (TPSA) is 624 Å². The van der Waals surface area contributed by atoms with Crippen molar-refractivity contribution in [3.05, 3.63) is 133 Å². The van der Waals surface area contributed by atoms with E-state index in [9.17, 15) is 62.8 Å². The lowest BCUT2D eigenvalue weighted by Gasteiger charge is -2.37. The van der Waals surface area contributed by atoms with Crippen molar-refractivity contribution in [2.75, 3.05) is 98.9 Å². The van der Waals surface area contributed by atoms with Gasteiger partial charge < -0.3 is 107 Å². The summed E-state index contributed by atoms with van der Waals surface area (Å²) < 4.78 is 162. The van der Waals surface area contributed by atoms with Crippen LogP contribution >= 0.6 is 29.1 Å². The summed E-state index contributed by atoms with van der Waals surface area (Å²) in [6.07, 6.45) is -23.2. The molecule has 13 heterocycles. The fourth-order valence-electron chi connectivity index (χ4n) is 15.1. The fourth-order valence-corrected chi connectivity index (χ4v) is 19.9. The van der Waals surface area contributed by atoms with Crippen molar-refractivity contribution >= 4 is 75.5 Å². The van der Waals surface area contributed by atoms with Crippen LogP contribution in [0, 0.1) is 27.7 Å². The number of hydrogen-bond acceptors (Lipinski definition) is 39. The number of nitrogens with two attached hydrogens (primary N) is 2. The van der Waals surface area contributed by atoms with E-state index in [1.54, 1.807) is 20.8 Å². The van der Waals surface area contributed by atoms with Crippen LogP contribution in [0.15, 0.2) is 71.0 Å². The number of aliphatic hydroxyl groups is 1. The summed E-state index contributed by atoms with van der Waals surface area (Å²) in [6, 6.07) is 0. The number of anilines is 2. The molecule has 7 aliphatic heterocycles. The number of aryl methyl sites for hydroxylation is 4. The predicted molar refractivity (Wildman–Crippen MR) is 409 cm³/mol. The van der Waals surface area contributed by atoms with Gasteiger partial charge in [-0.1, -0.05) is 6.92 Å². The van der Waals surface area contributed by atoms with Crippen LogP contribution in [0.3, 0.4) is 0 Å². The molecule has 0 saturated carbocycles. The molecule has 12 N–H and O–H groups in total. The lowest BCUT2D eigenvalue weighted by atomic mass is 9.91. The first-order chi connectivity index (χ1) is 56.3. The highest BCUT2D eigenvalue weighted by molar-refractivity contribution is 8.07. The standard InChI is InChI=1S/C64H90N14O35P4S2/c1-11-63-32(6)103-44(57(108-63)77-21-31(5)53(82)73-62(77)86)46(63)112-114(87,88)99-23-35-39(42(97-16-13-94-9)55(106-35)75-19-29(3)51(80)71-60(75)84)110-115(89,90)102-25-64-33(7)104-45(58(109-64)78-27-69-37-49(66)67-26-68-50(37)78)47(64)113-117(92,119)101-24-36-40(43(98-17-14-95-10)56(107-36)76-20-30(4)52(81)72-61(76)85)111-116(91,118)100-22-34-38(79)41(96-15-12-93-8)54(105-34)74-18-28(2)48(65)70-59(74)83/h18-21,26-27,32-36,38-47,54-58,79H,11-17,22-25H2,1-10H3,(H,87,88)(H,89,90)(H,91,118)(H,92,119)(H2,65,70,83)(H2,66,67,68)(H,71,80,84)(H,72,81,85)(H,73,82,86)/t32-,33-,34+,35+,36+,38?,39?,40?,41-,42-,43-,44-,45-,46?,47?,54+,55+,56+,57+,58+,63-,64-,116?,117?/m0/s1. The van der Waals surface area contributed by atoms with E-state index in [4.69, 9.17) is 133 Å². The zero-order chi connectivity index (χ0) is 85.9. The summed E-state index contributed by atoms with van der Waals surface area (Å²) in [4.78, 5) is 164. The number of nitrogens with one attached hydrogen (secondary N) is 3. The Morgan fingerprint density at radius 3 is 1.48 bits per heavy atom. The number of rotatable bonds is 38. The third-order valence-corrected chi connectivity index (χ3v) is 26.2. The Balaban J connectivity index is 0.788. The summed E-state index contributed by atoms with van der Waals surface area (Å²) in [6.45, 7) is -4.09. The minimum atomic E-state index is -5.81. The number of aliphatic hydroxyl groups excluding tert-OH is 1. The molecule has 55 heteroatoms. The average Bonchev–Trinajstić information content (AvgIpc) is 1.55. The summed E-state index contributed by atoms with van der Waals surface area (Å²) in [5, 5.41) is 11.7. The van der Waals surface area contributed by atoms with Gasteiger partial charge in [0.05, 0.1) is 84.6 Å². The maximum absolute atomic E-state index is 15.2. The summed E-state index contributed by atoms with van der Waals surface area (Å²) in [5.74, 6) is -0.144. The number of nitrogens with zero attached hydrogens (tertiary/aromatic N) is 9. The van der Waals surface area contributed by atoms with Crippen LogP contribution in [0.25, 0.3) is 11.2 Å². The second-order valence-corrected chi connectivity index (χ2v) is 37.1. The lowest BCUT2D eigenvalue weighted by Crippen LogP contribution is -2.50. The second-order valence-electron chi connectivity index (χ2n) is 28.7. The molecular formula is C64H90N14O35P4S2. The molecule has 49 nitrogen and oxygen atoms in total. The van der Waals surface area contributed by atoms with Gasteiger partial charge in [-0.05, 0) is 71.6 Å². The normalized spacial score (nSPS) is 33.0.